The number of aliphatic hydroxyl groups is 2. The molecule has 0 saturated carbocycles. The number of nitrogens with zero attached hydrogens (tertiary/aromatic N) is 2. The normalized spacial score (nSPS) is 21.9. The van der Waals surface area contributed by atoms with Gasteiger partial charge in [-0.25, -0.2) is 4.79 Å². The standard InChI is InChI=1S/C10H13N3O3S/c11-7-2-4-13(9(16)12-7)8-1-3-10(5-14,6-15)17-8/h1-4,8,14-15H,5-6H2,(H2,11,12,16). The molecule has 1 aliphatic heterocycles. The van der Waals surface area contributed by atoms with Crippen molar-refractivity contribution in [3.8, 4) is 0 Å². The summed E-state index contributed by atoms with van der Waals surface area (Å²) in [5, 5.41) is 18.2. The molecule has 17 heavy (non-hydrogen) atoms. The Bertz CT molecular complexity index is 496. The van der Waals surface area contributed by atoms with Crippen molar-refractivity contribution >= 4 is 17.6 Å². The van der Waals surface area contributed by atoms with E-state index in [1.54, 1.807) is 18.3 Å². The van der Waals surface area contributed by atoms with Crippen LogP contribution in [0.2, 0.25) is 0 Å². The van der Waals surface area contributed by atoms with Gasteiger partial charge in [-0.3, -0.25) is 4.57 Å². The van der Waals surface area contributed by atoms with Gasteiger partial charge in [-0.2, -0.15) is 4.98 Å². The van der Waals surface area contributed by atoms with Crippen LogP contribution in [0.15, 0.2) is 29.2 Å². The molecule has 0 fully saturated rings. The lowest BCUT2D eigenvalue weighted by Gasteiger charge is -2.23. The quantitative estimate of drug-likeness (QED) is 0.620. The molecule has 1 atom stereocenters. The van der Waals surface area contributed by atoms with Crippen molar-refractivity contribution in [2.75, 3.05) is 18.9 Å². The van der Waals surface area contributed by atoms with Gasteiger partial charge in [0.15, 0.2) is 0 Å². The molecule has 92 valence electrons. The van der Waals surface area contributed by atoms with Crippen LogP contribution in [-0.4, -0.2) is 37.7 Å². The lowest BCUT2D eigenvalue weighted by Crippen LogP contribution is -2.31. The maximum atomic E-state index is 11.6. The third-order valence-electron chi connectivity index (χ3n) is 2.58. The summed E-state index contributed by atoms with van der Waals surface area (Å²) >= 11 is 1.30. The molecule has 2 heterocycles. The third-order valence-corrected chi connectivity index (χ3v) is 4.07. The molecule has 2 rings (SSSR count). The second-order valence-electron chi connectivity index (χ2n) is 3.79. The summed E-state index contributed by atoms with van der Waals surface area (Å²) < 4.78 is 0.677. The molecule has 0 amide bonds. The van der Waals surface area contributed by atoms with Crippen molar-refractivity contribution in [2.24, 2.45) is 0 Å². The molecule has 0 bridgehead atoms. The van der Waals surface area contributed by atoms with Crippen molar-refractivity contribution in [1.29, 1.82) is 0 Å². The molecule has 0 spiro atoms. The van der Waals surface area contributed by atoms with Gasteiger partial charge in [-0.05, 0) is 6.07 Å². The predicted octanol–water partition coefficient (Wildman–Crippen LogP) is -0.650. The minimum atomic E-state index is -0.731. The SMILES string of the molecule is Nc1ccn(C2C=CC(CO)(CO)S2)c(=O)n1. The Morgan fingerprint density at radius 3 is 2.76 bits per heavy atom. The summed E-state index contributed by atoms with van der Waals surface area (Å²) in [5.74, 6) is 0.175. The number of rotatable bonds is 3. The van der Waals surface area contributed by atoms with Gasteiger partial charge in [0.05, 0.1) is 18.0 Å². The molecule has 0 saturated heterocycles. The van der Waals surface area contributed by atoms with Crippen LogP contribution in [0.1, 0.15) is 5.37 Å². The van der Waals surface area contributed by atoms with Gasteiger partial charge in [0.2, 0.25) is 0 Å². The first-order valence-electron chi connectivity index (χ1n) is 5.04. The highest BCUT2D eigenvalue weighted by Crippen LogP contribution is 2.42. The Labute approximate surface area is 102 Å². The van der Waals surface area contributed by atoms with Crippen molar-refractivity contribution in [1.82, 2.24) is 9.55 Å². The number of aromatic nitrogens is 2. The average molecular weight is 255 g/mol. The lowest BCUT2D eigenvalue weighted by atomic mass is 10.1. The molecule has 7 heteroatoms. The summed E-state index contributed by atoms with van der Waals surface area (Å²) in [6, 6.07) is 1.54. The van der Waals surface area contributed by atoms with Crippen LogP contribution in [0, 0.1) is 0 Å². The van der Waals surface area contributed by atoms with E-state index in [0.717, 1.165) is 0 Å². The van der Waals surface area contributed by atoms with Crippen molar-refractivity contribution in [3.63, 3.8) is 0 Å². The predicted molar refractivity (Wildman–Crippen MR) is 65.6 cm³/mol. The Balaban J connectivity index is 2.27. The molecule has 4 N–H and O–H groups in total. The summed E-state index contributed by atoms with van der Waals surface area (Å²) in [7, 11) is 0. The maximum absolute atomic E-state index is 11.6. The molecular weight excluding hydrogens is 242 g/mol. The zero-order chi connectivity index (χ0) is 12.5. The molecule has 1 aliphatic rings. The molecule has 0 aromatic carbocycles. The first-order valence-corrected chi connectivity index (χ1v) is 5.92. The van der Waals surface area contributed by atoms with Crippen molar-refractivity contribution < 1.29 is 10.2 Å². The molecule has 0 aliphatic carbocycles. The molecule has 6 nitrogen and oxygen atoms in total. The fourth-order valence-corrected chi connectivity index (χ4v) is 2.79. The number of thioether (sulfide) groups is 1. The van der Waals surface area contributed by atoms with Crippen molar-refractivity contribution in [2.45, 2.75) is 10.1 Å². The summed E-state index contributed by atoms with van der Waals surface area (Å²) in [6.45, 7) is -0.364. The topological polar surface area (TPSA) is 101 Å². The zero-order valence-corrected chi connectivity index (χ0v) is 9.80. The number of nitrogen functional groups attached to an aromatic ring is 1. The van der Waals surface area contributed by atoms with E-state index in [1.807, 2.05) is 0 Å². The highest BCUT2D eigenvalue weighted by Gasteiger charge is 2.35. The van der Waals surface area contributed by atoms with E-state index in [-0.39, 0.29) is 24.4 Å². The van der Waals surface area contributed by atoms with Gasteiger partial charge in [-0.1, -0.05) is 12.2 Å². The fraction of sp³-hybridized carbons (Fsp3) is 0.400. The average Bonchev–Trinajstić information content (AvgIpc) is 2.74. The fourth-order valence-electron chi connectivity index (χ4n) is 1.58. The monoisotopic (exact) mass is 255 g/mol. The van der Waals surface area contributed by atoms with Gasteiger partial charge >= 0.3 is 5.69 Å². The maximum Gasteiger partial charge on any atom is 0.350 e. The second-order valence-corrected chi connectivity index (χ2v) is 5.32. The van der Waals surface area contributed by atoms with Gasteiger partial charge in [-0.15, -0.1) is 11.8 Å². The van der Waals surface area contributed by atoms with E-state index in [2.05, 4.69) is 4.98 Å². The number of anilines is 1. The first kappa shape index (κ1) is 12.2. The van der Waals surface area contributed by atoms with Crippen LogP contribution in [0.5, 0.6) is 0 Å². The van der Waals surface area contributed by atoms with Gasteiger partial charge in [0.25, 0.3) is 0 Å². The Morgan fingerprint density at radius 1 is 1.53 bits per heavy atom. The van der Waals surface area contributed by atoms with Crippen molar-refractivity contribution in [3.05, 3.63) is 34.9 Å². The minimum Gasteiger partial charge on any atom is -0.395 e. The van der Waals surface area contributed by atoms with Crippen LogP contribution in [0.25, 0.3) is 0 Å². The van der Waals surface area contributed by atoms with E-state index < -0.39 is 10.4 Å². The lowest BCUT2D eigenvalue weighted by molar-refractivity contribution is 0.197. The van der Waals surface area contributed by atoms with Crippen LogP contribution in [-0.2, 0) is 0 Å². The molecule has 1 aromatic rings. The number of hydrogen-bond acceptors (Lipinski definition) is 6. The van der Waals surface area contributed by atoms with E-state index >= 15 is 0 Å². The highest BCUT2D eigenvalue weighted by molar-refractivity contribution is 8.01. The first-order chi connectivity index (χ1) is 8.10. The van der Waals surface area contributed by atoms with E-state index in [1.165, 1.54) is 22.4 Å². The van der Waals surface area contributed by atoms with Crippen LogP contribution in [0.4, 0.5) is 5.82 Å². The Hall–Kier alpha value is -1.31. The van der Waals surface area contributed by atoms with Gasteiger partial charge < -0.3 is 15.9 Å². The molecule has 1 unspecified atom stereocenters. The van der Waals surface area contributed by atoms with Crippen LogP contribution < -0.4 is 11.4 Å². The van der Waals surface area contributed by atoms with Gasteiger partial charge in [0, 0.05) is 6.20 Å². The van der Waals surface area contributed by atoms with Gasteiger partial charge in [0.1, 0.15) is 11.2 Å². The van der Waals surface area contributed by atoms with E-state index in [4.69, 9.17) is 5.73 Å². The number of nitrogens with two attached hydrogens (primary N) is 1. The molecule has 1 aromatic heterocycles. The van der Waals surface area contributed by atoms with Crippen LogP contribution in [0.3, 0.4) is 0 Å². The number of hydrogen-bond donors (Lipinski definition) is 3. The van der Waals surface area contributed by atoms with Crippen LogP contribution >= 0.6 is 11.8 Å². The molecule has 0 radical (unpaired) electrons. The minimum absolute atomic E-state index is 0.175. The smallest absolute Gasteiger partial charge is 0.350 e. The summed E-state index contributed by atoms with van der Waals surface area (Å²) in [4.78, 5) is 15.2. The largest absolute Gasteiger partial charge is 0.395 e. The summed E-state index contributed by atoms with van der Waals surface area (Å²) in [6.07, 6.45) is 5.03. The summed E-state index contributed by atoms with van der Waals surface area (Å²) in [5.41, 5.74) is 4.96. The number of aliphatic hydroxyl groups excluding tert-OH is 2. The van der Waals surface area contributed by atoms with E-state index in [9.17, 15) is 15.0 Å². The molecular formula is C10H13N3O3S. The third kappa shape index (κ3) is 2.21. The highest BCUT2D eigenvalue weighted by atomic mass is 32.2. The second kappa shape index (κ2) is 4.52. The Morgan fingerprint density at radius 2 is 2.24 bits per heavy atom. The Kier molecular flexibility index (Phi) is 3.23. The van der Waals surface area contributed by atoms with E-state index in [0.29, 0.717) is 0 Å². The zero-order valence-electron chi connectivity index (χ0n) is 8.98.